The van der Waals surface area contributed by atoms with Gasteiger partial charge in [0.2, 0.25) is 5.91 Å². The molecule has 106 valence electrons. The number of para-hydroxylation sites is 1. The maximum Gasteiger partial charge on any atom is 0.220 e. The minimum Gasteiger partial charge on any atom is -0.381 e. The van der Waals surface area contributed by atoms with Gasteiger partial charge in [-0.3, -0.25) is 4.79 Å². The van der Waals surface area contributed by atoms with Crippen LogP contribution in [-0.4, -0.2) is 30.6 Å². The number of aromatic amines is 1. The van der Waals surface area contributed by atoms with Crippen molar-refractivity contribution < 1.29 is 9.53 Å². The average molecular weight is 272 g/mol. The molecule has 1 amide bonds. The molecule has 20 heavy (non-hydrogen) atoms. The highest BCUT2D eigenvalue weighted by atomic mass is 16.5. The molecule has 1 fully saturated rings. The number of fused-ring (bicyclic) bond motifs is 1. The van der Waals surface area contributed by atoms with E-state index in [9.17, 15) is 4.79 Å². The standard InChI is InChI=1S/C16H20N2O2/c19-16(18-9-12-7-8-20-11-12)6-5-13-10-17-15-4-2-1-3-14(13)15/h1-4,10,12,17H,5-9,11H2,(H,18,19)/t12-/m1/s1. The summed E-state index contributed by atoms with van der Waals surface area (Å²) in [6.45, 7) is 2.35. The number of carbonyl (C=O) groups is 1. The molecule has 2 aromatic rings. The number of hydrogen-bond donors (Lipinski definition) is 2. The molecule has 4 heteroatoms. The first-order chi connectivity index (χ1) is 9.83. The number of carbonyl (C=O) groups excluding carboxylic acids is 1. The van der Waals surface area contributed by atoms with Gasteiger partial charge >= 0.3 is 0 Å². The molecular weight excluding hydrogens is 252 g/mol. The smallest absolute Gasteiger partial charge is 0.220 e. The highest BCUT2D eigenvalue weighted by Crippen LogP contribution is 2.19. The van der Waals surface area contributed by atoms with E-state index in [1.807, 2.05) is 18.3 Å². The average Bonchev–Trinajstić information content (AvgIpc) is 3.12. The van der Waals surface area contributed by atoms with Crippen molar-refractivity contribution in [2.75, 3.05) is 19.8 Å². The SMILES string of the molecule is O=C(CCc1c[nH]c2ccccc12)NC[C@H]1CCOC1. The Balaban J connectivity index is 1.49. The van der Waals surface area contributed by atoms with Gasteiger partial charge in [0.05, 0.1) is 6.61 Å². The molecule has 0 aliphatic carbocycles. The first-order valence-corrected chi connectivity index (χ1v) is 7.22. The van der Waals surface area contributed by atoms with Gasteiger partial charge in [-0.15, -0.1) is 0 Å². The number of rotatable bonds is 5. The van der Waals surface area contributed by atoms with E-state index in [1.165, 1.54) is 10.9 Å². The normalized spacial score (nSPS) is 18.5. The summed E-state index contributed by atoms with van der Waals surface area (Å²) in [6, 6.07) is 8.19. The van der Waals surface area contributed by atoms with E-state index < -0.39 is 0 Å². The third-order valence-electron chi connectivity index (χ3n) is 3.91. The van der Waals surface area contributed by atoms with Crippen molar-refractivity contribution in [1.82, 2.24) is 10.3 Å². The van der Waals surface area contributed by atoms with E-state index in [0.717, 1.165) is 38.1 Å². The highest BCUT2D eigenvalue weighted by Gasteiger charge is 2.16. The molecule has 0 unspecified atom stereocenters. The summed E-state index contributed by atoms with van der Waals surface area (Å²) in [5, 5.41) is 4.22. The van der Waals surface area contributed by atoms with Gasteiger partial charge in [-0.25, -0.2) is 0 Å². The summed E-state index contributed by atoms with van der Waals surface area (Å²) in [4.78, 5) is 15.1. The van der Waals surface area contributed by atoms with Crippen LogP contribution in [0, 0.1) is 5.92 Å². The molecular formula is C16H20N2O2. The third kappa shape index (κ3) is 3.02. The van der Waals surface area contributed by atoms with Crippen LogP contribution in [0.1, 0.15) is 18.4 Å². The Bertz CT molecular complexity index is 585. The van der Waals surface area contributed by atoms with E-state index >= 15 is 0 Å². The summed E-state index contributed by atoms with van der Waals surface area (Å²) < 4.78 is 5.30. The van der Waals surface area contributed by atoms with Gasteiger partial charge in [0.25, 0.3) is 0 Å². The minimum atomic E-state index is 0.127. The van der Waals surface area contributed by atoms with Crippen LogP contribution in [0.15, 0.2) is 30.5 Å². The van der Waals surface area contributed by atoms with E-state index in [-0.39, 0.29) is 5.91 Å². The molecule has 2 heterocycles. The zero-order chi connectivity index (χ0) is 13.8. The Hall–Kier alpha value is -1.81. The predicted molar refractivity (Wildman–Crippen MR) is 78.6 cm³/mol. The molecule has 2 N–H and O–H groups in total. The van der Waals surface area contributed by atoms with Crippen LogP contribution < -0.4 is 5.32 Å². The minimum absolute atomic E-state index is 0.127. The molecule has 0 saturated carbocycles. The van der Waals surface area contributed by atoms with Gasteiger partial charge in [-0.1, -0.05) is 18.2 Å². The number of ether oxygens (including phenoxy) is 1. The monoisotopic (exact) mass is 272 g/mol. The molecule has 0 bridgehead atoms. The Morgan fingerprint density at radius 1 is 1.40 bits per heavy atom. The molecule has 1 aliphatic heterocycles. The lowest BCUT2D eigenvalue weighted by atomic mass is 10.1. The maximum absolute atomic E-state index is 11.9. The molecule has 1 aromatic carbocycles. The number of H-pyrrole nitrogens is 1. The van der Waals surface area contributed by atoms with Gasteiger partial charge in [0.15, 0.2) is 0 Å². The maximum atomic E-state index is 11.9. The summed E-state index contributed by atoms with van der Waals surface area (Å²) >= 11 is 0. The Morgan fingerprint density at radius 2 is 2.30 bits per heavy atom. The largest absolute Gasteiger partial charge is 0.381 e. The van der Waals surface area contributed by atoms with E-state index in [1.54, 1.807) is 0 Å². The number of aromatic nitrogens is 1. The molecule has 1 saturated heterocycles. The quantitative estimate of drug-likeness (QED) is 0.877. The number of hydrogen-bond acceptors (Lipinski definition) is 2. The number of nitrogens with one attached hydrogen (secondary N) is 2. The number of benzene rings is 1. The van der Waals surface area contributed by atoms with E-state index in [0.29, 0.717) is 12.3 Å². The van der Waals surface area contributed by atoms with Crippen molar-refractivity contribution >= 4 is 16.8 Å². The predicted octanol–water partition coefficient (Wildman–Crippen LogP) is 2.25. The van der Waals surface area contributed by atoms with Gasteiger partial charge < -0.3 is 15.0 Å². The van der Waals surface area contributed by atoms with Crippen LogP contribution in [0.5, 0.6) is 0 Å². The lowest BCUT2D eigenvalue weighted by Crippen LogP contribution is -2.29. The summed E-state index contributed by atoms with van der Waals surface area (Å²) in [6.07, 6.45) is 4.37. The van der Waals surface area contributed by atoms with Crippen molar-refractivity contribution in [3.8, 4) is 0 Å². The van der Waals surface area contributed by atoms with E-state index in [2.05, 4.69) is 22.4 Å². The number of amides is 1. The van der Waals surface area contributed by atoms with Gasteiger partial charge in [0.1, 0.15) is 0 Å². The Morgan fingerprint density at radius 3 is 3.15 bits per heavy atom. The second-order valence-corrected chi connectivity index (χ2v) is 5.39. The van der Waals surface area contributed by atoms with Crippen molar-refractivity contribution in [3.05, 3.63) is 36.0 Å². The summed E-state index contributed by atoms with van der Waals surface area (Å²) in [5.41, 5.74) is 2.34. The van der Waals surface area contributed by atoms with Gasteiger partial charge in [-0.05, 0) is 24.5 Å². The van der Waals surface area contributed by atoms with Crippen LogP contribution in [0.2, 0.25) is 0 Å². The summed E-state index contributed by atoms with van der Waals surface area (Å²) in [7, 11) is 0. The Kier molecular flexibility index (Phi) is 4.02. The van der Waals surface area contributed by atoms with Crippen molar-refractivity contribution in [2.24, 2.45) is 5.92 Å². The zero-order valence-electron chi connectivity index (χ0n) is 11.5. The van der Waals surface area contributed by atoms with Gasteiger partial charge in [0, 0.05) is 42.6 Å². The third-order valence-corrected chi connectivity index (χ3v) is 3.91. The molecule has 1 atom stereocenters. The molecule has 0 spiro atoms. The zero-order valence-corrected chi connectivity index (χ0v) is 11.5. The molecule has 1 aromatic heterocycles. The summed E-state index contributed by atoms with van der Waals surface area (Å²) in [5.74, 6) is 0.620. The fraction of sp³-hybridized carbons (Fsp3) is 0.438. The van der Waals surface area contributed by atoms with Crippen LogP contribution in [0.25, 0.3) is 10.9 Å². The molecule has 3 rings (SSSR count). The van der Waals surface area contributed by atoms with Crippen molar-refractivity contribution in [3.63, 3.8) is 0 Å². The van der Waals surface area contributed by atoms with Crippen LogP contribution in [0.3, 0.4) is 0 Å². The van der Waals surface area contributed by atoms with Crippen LogP contribution in [-0.2, 0) is 16.0 Å². The van der Waals surface area contributed by atoms with Crippen LogP contribution >= 0.6 is 0 Å². The molecule has 4 nitrogen and oxygen atoms in total. The van der Waals surface area contributed by atoms with Crippen molar-refractivity contribution in [2.45, 2.75) is 19.3 Å². The first-order valence-electron chi connectivity index (χ1n) is 7.22. The number of aryl methyl sites for hydroxylation is 1. The highest BCUT2D eigenvalue weighted by molar-refractivity contribution is 5.84. The lowest BCUT2D eigenvalue weighted by molar-refractivity contribution is -0.121. The lowest BCUT2D eigenvalue weighted by Gasteiger charge is -2.09. The molecule has 0 radical (unpaired) electrons. The van der Waals surface area contributed by atoms with Gasteiger partial charge in [-0.2, -0.15) is 0 Å². The molecule has 1 aliphatic rings. The Labute approximate surface area is 118 Å². The topological polar surface area (TPSA) is 54.1 Å². The van der Waals surface area contributed by atoms with Crippen LogP contribution in [0.4, 0.5) is 0 Å². The first kappa shape index (κ1) is 13.2. The second-order valence-electron chi connectivity index (χ2n) is 5.39. The fourth-order valence-electron chi connectivity index (χ4n) is 2.68. The van der Waals surface area contributed by atoms with E-state index in [4.69, 9.17) is 4.74 Å². The fourth-order valence-corrected chi connectivity index (χ4v) is 2.68. The second kappa shape index (κ2) is 6.09. The van der Waals surface area contributed by atoms with Crippen molar-refractivity contribution in [1.29, 1.82) is 0 Å².